The van der Waals surface area contributed by atoms with Gasteiger partial charge in [-0.25, -0.2) is 26.3 Å². The highest BCUT2D eigenvalue weighted by atomic mass is 32.2. The van der Waals surface area contributed by atoms with Gasteiger partial charge in [0.2, 0.25) is 10.0 Å². The maximum Gasteiger partial charge on any atom is 0.246 e. The molecule has 0 amide bonds. The molecule has 2 atom stereocenters. The molecule has 8 heteroatoms. The maximum atomic E-state index is 13.4. The molecule has 0 fully saturated rings. The van der Waals surface area contributed by atoms with E-state index in [9.17, 15) is 21.6 Å². The number of halogens is 3. The molecule has 1 aromatic rings. The van der Waals surface area contributed by atoms with Gasteiger partial charge in [-0.1, -0.05) is 6.92 Å². The summed E-state index contributed by atoms with van der Waals surface area (Å²) in [5, 5.41) is 8.89. The number of nitrogens with one attached hydrogen (secondary N) is 1. The van der Waals surface area contributed by atoms with Crippen LogP contribution in [0.2, 0.25) is 0 Å². The molecule has 0 aliphatic rings. The second kappa shape index (κ2) is 5.89. The molecular formula is C11H14F3NO3S. The lowest BCUT2D eigenvalue weighted by molar-refractivity contribution is 0.216. The molecule has 0 saturated carbocycles. The van der Waals surface area contributed by atoms with Gasteiger partial charge in [0.1, 0.15) is 17.5 Å². The Kier molecular flexibility index (Phi) is 4.94. The Hall–Kier alpha value is -1.12. The number of aliphatic hydroxyl groups excluding tert-OH is 1. The fraction of sp³-hybridized carbons (Fsp3) is 0.455. The summed E-state index contributed by atoms with van der Waals surface area (Å²) in [4.78, 5) is -1.23. The minimum atomic E-state index is -4.47. The second-order valence-electron chi connectivity index (χ2n) is 4.27. The molecule has 0 aliphatic heterocycles. The first-order chi connectivity index (χ1) is 8.69. The van der Waals surface area contributed by atoms with Crippen molar-refractivity contribution in [2.45, 2.75) is 24.8 Å². The minimum Gasteiger partial charge on any atom is -0.396 e. The molecule has 1 aromatic carbocycles. The summed E-state index contributed by atoms with van der Waals surface area (Å²) in [7, 11) is -4.47. The van der Waals surface area contributed by atoms with E-state index in [1.54, 1.807) is 6.92 Å². The zero-order chi connectivity index (χ0) is 14.8. The van der Waals surface area contributed by atoms with Gasteiger partial charge in [0.05, 0.1) is 0 Å². The maximum absolute atomic E-state index is 13.4. The highest BCUT2D eigenvalue weighted by Crippen LogP contribution is 2.20. The third-order valence-corrected chi connectivity index (χ3v) is 4.32. The van der Waals surface area contributed by atoms with Crippen LogP contribution in [0.4, 0.5) is 13.2 Å². The molecule has 0 heterocycles. The Bertz CT molecular complexity index is 539. The van der Waals surface area contributed by atoms with Gasteiger partial charge in [-0.2, -0.15) is 0 Å². The predicted octanol–water partition coefficient (Wildman–Crippen LogP) is 1.40. The largest absolute Gasteiger partial charge is 0.396 e. The van der Waals surface area contributed by atoms with Crippen molar-refractivity contribution >= 4 is 10.0 Å². The van der Waals surface area contributed by atoms with Crippen molar-refractivity contribution in [3.63, 3.8) is 0 Å². The third kappa shape index (κ3) is 3.68. The molecule has 0 bridgehead atoms. The molecule has 2 unspecified atom stereocenters. The lowest BCUT2D eigenvalue weighted by Gasteiger charge is -2.19. The molecule has 0 saturated heterocycles. The van der Waals surface area contributed by atoms with Crippen LogP contribution in [0, 0.1) is 23.4 Å². The number of aliphatic hydroxyl groups is 1. The van der Waals surface area contributed by atoms with Crippen LogP contribution in [0.15, 0.2) is 17.0 Å². The number of benzene rings is 1. The summed E-state index contributed by atoms with van der Waals surface area (Å²) in [6, 6.07) is -0.158. The van der Waals surface area contributed by atoms with Gasteiger partial charge >= 0.3 is 0 Å². The molecule has 1 rings (SSSR count). The van der Waals surface area contributed by atoms with Crippen LogP contribution >= 0.6 is 0 Å². The van der Waals surface area contributed by atoms with Gasteiger partial charge in [0, 0.05) is 24.8 Å². The summed E-state index contributed by atoms with van der Waals surface area (Å²) in [5.41, 5.74) is 0. The predicted molar refractivity (Wildman–Crippen MR) is 62.3 cm³/mol. The molecule has 4 nitrogen and oxygen atoms in total. The molecule has 108 valence electrons. The highest BCUT2D eigenvalue weighted by Gasteiger charge is 2.27. The van der Waals surface area contributed by atoms with E-state index in [1.165, 1.54) is 6.92 Å². The van der Waals surface area contributed by atoms with E-state index in [0.29, 0.717) is 0 Å². The fourth-order valence-corrected chi connectivity index (χ4v) is 2.83. The first-order valence-corrected chi connectivity index (χ1v) is 6.95. The molecule has 0 aromatic heterocycles. The van der Waals surface area contributed by atoms with Gasteiger partial charge in [0.25, 0.3) is 0 Å². The van der Waals surface area contributed by atoms with Gasteiger partial charge < -0.3 is 5.11 Å². The summed E-state index contributed by atoms with van der Waals surface area (Å²) >= 11 is 0. The molecule has 2 N–H and O–H groups in total. The van der Waals surface area contributed by atoms with Gasteiger partial charge in [-0.15, -0.1) is 0 Å². The number of hydrogen-bond donors (Lipinski definition) is 2. The smallest absolute Gasteiger partial charge is 0.246 e. The average molecular weight is 297 g/mol. The van der Waals surface area contributed by atoms with Gasteiger partial charge in [-0.3, -0.25) is 0 Å². The Morgan fingerprint density at radius 3 is 2.11 bits per heavy atom. The Morgan fingerprint density at radius 1 is 1.21 bits per heavy atom. The van der Waals surface area contributed by atoms with Gasteiger partial charge in [0.15, 0.2) is 4.90 Å². The van der Waals surface area contributed by atoms with Crippen LogP contribution in [0.25, 0.3) is 0 Å². The van der Waals surface area contributed by atoms with Crippen LogP contribution in [0.1, 0.15) is 13.8 Å². The van der Waals surface area contributed by atoms with E-state index in [1.807, 2.05) is 4.72 Å². The Balaban J connectivity index is 3.15. The van der Waals surface area contributed by atoms with Crippen molar-refractivity contribution in [2.75, 3.05) is 6.61 Å². The number of rotatable bonds is 5. The Morgan fingerprint density at radius 2 is 1.68 bits per heavy atom. The Labute approximate surface area is 109 Å². The standard InChI is InChI=1S/C11H14F3NO3S/c1-6(5-16)7(2)15-19(17,18)11-9(13)3-8(12)4-10(11)14/h3-4,6-7,15-16H,5H2,1-2H3. The van der Waals surface area contributed by atoms with Crippen LogP contribution in [0.5, 0.6) is 0 Å². The van der Waals surface area contributed by atoms with E-state index in [2.05, 4.69) is 0 Å². The van der Waals surface area contributed by atoms with Crippen LogP contribution in [-0.2, 0) is 10.0 Å². The molecule has 19 heavy (non-hydrogen) atoms. The fourth-order valence-electron chi connectivity index (χ4n) is 1.36. The SMILES string of the molecule is CC(CO)C(C)NS(=O)(=O)c1c(F)cc(F)cc1F. The summed E-state index contributed by atoms with van der Waals surface area (Å²) in [6.07, 6.45) is 0. The normalized spacial score (nSPS) is 15.3. The zero-order valence-corrected chi connectivity index (χ0v) is 11.1. The third-order valence-electron chi connectivity index (χ3n) is 2.71. The van der Waals surface area contributed by atoms with E-state index < -0.39 is 44.3 Å². The van der Waals surface area contributed by atoms with E-state index in [-0.39, 0.29) is 18.7 Å². The molecular weight excluding hydrogens is 283 g/mol. The lowest BCUT2D eigenvalue weighted by atomic mass is 10.1. The first-order valence-electron chi connectivity index (χ1n) is 5.46. The first kappa shape index (κ1) is 15.9. The van der Waals surface area contributed by atoms with Gasteiger partial charge in [-0.05, 0) is 12.8 Å². The lowest BCUT2D eigenvalue weighted by Crippen LogP contribution is -2.39. The molecule has 0 spiro atoms. The number of sulfonamides is 1. The summed E-state index contributed by atoms with van der Waals surface area (Å²) in [6.45, 7) is 2.71. The second-order valence-corrected chi connectivity index (χ2v) is 5.92. The van der Waals surface area contributed by atoms with Crippen molar-refractivity contribution in [1.82, 2.24) is 4.72 Å². The van der Waals surface area contributed by atoms with Crippen molar-refractivity contribution in [3.05, 3.63) is 29.6 Å². The van der Waals surface area contributed by atoms with Crippen molar-refractivity contribution in [2.24, 2.45) is 5.92 Å². The van der Waals surface area contributed by atoms with E-state index in [4.69, 9.17) is 5.11 Å². The summed E-state index contributed by atoms with van der Waals surface area (Å²) < 4.78 is 65.2. The quantitative estimate of drug-likeness (QED) is 0.863. The number of hydrogen-bond acceptors (Lipinski definition) is 3. The topological polar surface area (TPSA) is 66.4 Å². The van der Waals surface area contributed by atoms with Crippen molar-refractivity contribution in [1.29, 1.82) is 0 Å². The van der Waals surface area contributed by atoms with E-state index >= 15 is 0 Å². The van der Waals surface area contributed by atoms with E-state index in [0.717, 1.165) is 0 Å². The molecule has 0 radical (unpaired) electrons. The van der Waals surface area contributed by atoms with Crippen molar-refractivity contribution < 1.29 is 26.7 Å². The zero-order valence-electron chi connectivity index (χ0n) is 10.3. The average Bonchev–Trinajstić information content (AvgIpc) is 2.24. The van der Waals surface area contributed by atoms with Crippen molar-refractivity contribution in [3.8, 4) is 0 Å². The summed E-state index contributed by atoms with van der Waals surface area (Å²) in [5.74, 6) is -4.66. The highest BCUT2D eigenvalue weighted by molar-refractivity contribution is 7.89. The van der Waals surface area contributed by atoms with Crippen LogP contribution < -0.4 is 4.72 Å². The monoisotopic (exact) mass is 297 g/mol. The minimum absolute atomic E-state index is 0.289. The van der Waals surface area contributed by atoms with Crippen LogP contribution in [0.3, 0.4) is 0 Å². The molecule has 0 aliphatic carbocycles. The van der Waals surface area contributed by atoms with Crippen LogP contribution in [-0.4, -0.2) is 26.2 Å².